The molecule has 0 amide bonds. The molecule has 0 saturated heterocycles. The van der Waals surface area contributed by atoms with E-state index in [2.05, 4.69) is 5.32 Å². The number of halogens is 1. The number of hydrogen-bond donors (Lipinski definition) is 3. The Morgan fingerprint density at radius 1 is 1.36 bits per heavy atom. The van der Waals surface area contributed by atoms with Crippen LogP contribution in [0.5, 0.6) is 11.5 Å². The predicted molar refractivity (Wildman–Crippen MR) is 54.6 cm³/mol. The molecule has 0 radical (unpaired) electrons. The zero-order chi connectivity index (χ0) is 10.1. The Balaban J connectivity index is 2.08. The van der Waals surface area contributed by atoms with Crippen molar-refractivity contribution in [1.29, 1.82) is 0 Å². The lowest BCUT2D eigenvalue weighted by molar-refractivity contribution is 0.403. The van der Waals surface area contributed by atoms with Gasteiger partial charge in [-0.2, -0.15) is 0 Å². The van der Waals surface area contributed by atoms with Crippen molar-refractivity contribution in [3.05, 3.63) is 22.7 Å². The highest BCUT2D eigenvalue weighted by molar-refractivity contribution is 6.32. The van der Waals surface area contributed by atoms with Crippen LogP contribution < -0.4 is 5.32 Å². The highest BCUT2D eigenvalue weighted by atomic mass is 35.5. The summed E-state index contributed by atoms with van der Waals surface area (Å²) in [6, 6.07) is 3.80. The first-order valence-corrected chi connectivity index (χ1v) is 4.98. The molecule has 0 atom stereocenters. The van der Waals surface area contributed by atoms with E-state index in [-0.39, 0.29) is 16.5 Å². The predicted octanol–water partition coefficient (Wildman–Crippen LogP) is 2.00. The van der Waals surface area contributed by atoms with Crippen LogP contribution in [0.1, 0.15) is 18.4 Å². The van der Waals surface area contributed by atoms with E-state index in [9.17, 15) is 10.2 Å². The zero-order valence-corrected chi connectivity index (χ0v) is 8.38. The van der Waals surface area contributed by atoms with E-state index < -0.39 is 0 Å². The fourth-order valence-electron chi connectivity index (χ4n) is 1.29. The van der Waals surface area contributed by atoms with Crippen molar-refractivity contribution in [2.45, 2.75) is 25.4 Å². The fraction of sp³-hybridized carbons (Fsp3) is 0.400. The number of phenolic OH excluding ortho intramolecular Hbond substituents is 2. The minimum Gasteiger partial charge on any atom is -0.504 e. The second-order valence-electron chi connectivity index (χ2n) is 3.60. The summed E-state index contributed by atoms with van der Waals surface area (Å²) in [5.41, 5.74) is 0.886. The van der Waals surface area contributed by atoms with Gasteiger partial charge in [-0.05, 0) is 30.5 Å². The molecule has 1 saturated carbocycles. The van der Waals surface area contributed by atoms with E-state index in [0.717, 1.165) is 5.56 Å². The second kappa shape index (κ2) is 3.67. The van der Waals surface area contributed by atoms with Crippen LogP contribution in [0.15, 0.2) is 12.1 Å². The molecular weight excluding hydrogens is 202 g/mol. The Kier molecular flexibility index (Phi) is 2.52. The quantitative estimate of drug-likeness (QED) is 0.674. The van der Waals surface area contributed by atoms with Gasteiger partial charge < -0.3 is 15.5 Å². The van der Waals surface area contributed by atoms with Crippen LogP contribution in [-0.4, -0.2) is 16.3 Å². The van der Waals surface area contributed by atoms with Crippen molar-refractivity contribution < 1.29 is 10.2 Å². The number of rotatable bonds is 3. The van der Waals surface area contributed by atoms with Crippen molar-refractivity contribution in [2.75, 3.05) is 0 Å². The third-order valence-electron chi connectivity index (χ3n) is 2.28. The van der Waals surface area contributed by atoms with Crippen LogP contribution in [0.25, 0.3) is 0 Å². The van der Waals surface area contributed by atoms with Gasteiger partial charge in [0.1, 0.15) is 0 Å². The smallest absolute Gasteiger partial charge is 0.176 e. The molecule has 1 aliphatic rings. The first-order chi connectivity index (χ1) is 6.66. The van der Waals surface area contributed by atoms with Crippen molar-refractivity contribution in [3.63, 3.8) is 0 Å². The largest absolute Gasteiger partial charge is 0.504 e. The third-order valence-corrected chi connectivity index (χ3v) is 2.56. The summed E-state index contributed by atoms with van der Waals surface area (Å²) in [5.74, 6) is -0.410. The van der Waals surface area contributed by atoms with Crippen LogP contribution in [0, 0.1) is 0 Å². The summed E-state index contributed by atoms with van der Waals surface area (Å²) in [4.78, 5) is 0. The summed E-state index contributed by atoms with van der Waals surface area (Å²) in [6.45, 7) is 0.679. The van der Waals surface area contributed by atoms with Gasteiger partial charge in [-0.3, -0.25) is 0 Å². The Bertz CT molecular complexity index is 327. The monoisotopic (exact) mass is 213 g/mol. The van der Waals surface area contributed by atoms with E-state index in [4.69, 9.17) is 11.6 Å². The SMILES string of the molecule is Oc1cc(CNC2CC2)cc(Cl)c1O. The van der Waals surface area contributed by atoms with Gasteiger partial charge in [0.05, 0.1) is 5.02 Å². The lowest BCUT2D eigenvalue weighted by Gasteiger charge is -2.06. The van der Waals surface area contributed by atoms with Gasteiger partial charge in [-0.25, -0.2) is 0 Å². The van der Waals surface area contributed by atoms with Gasteiger partial charge >= 0.3 is 0 Å². The molecule has 0 bridgehead atoms. The van der Waals surface area contributed by atoms with E-state index >= 15 is 0 Å². The van der Waals surface area contributed by atoms with E-state index in [1.807, 2.05) is 0 Å². The van der Waals surface area contributed by atoms with Crippen molar-refractivity contribution in [2.24, 2.45) is 0 Å². The number of aromatic hydroxyl groups is 2. The van der Waals surface area contributed by atoms with E-state index in [1.54, 1.807) is 6.07 Å². The van der Waals surface area contributed by atoms with Crippen LogP contribution in [0.4, 0.5) is 0 Å². The Hall–Kier alpha value is -0.930. The molecule has 0 spiro atoms. The molecule has 1 aromatic carbocycles. The van der Waals surface area contributed by atoms with Crippen LogP contribution >= 0.6 is 11.6 Å². The molecule has 76 valence electrons. The molecule has 14 heavy (non-hydrogen) atoms. The normalized spacial score (nSPS) is 15.8. The molecule has 0 unspecified atom stereocenters. The molecule has 1 aromatic rings. The van der Waals surface area contributed by atoms with Gasteiger partial charge in [0.25, 0.3) is 0 Å². The maximum absolute atomic E-state index is 9.30. The molecule has 2 rings (SSSR count). The molecular formula is C10H12ClNO2. The van der Waals surface area contributed by atoms with Crippen LogP contribution in [0.3, 0.4) is 0 Å². The van der Waals surface area contributed by atoms with Gasteiger partial charge in [0.15, 0.2) is 11.5 Å². The summed E-state index contributed by atoms with van der Waals surface area (Å²) in [6.07, 6.45) is 2.44. The number of hydrogen-bond acceptors (Lipinski definition) is 3. The van der Waals surface area contributed by atoms with Crippen molar-refractivity contribution in [1.82, 2.24) is 5.32 Å². The Morgan fingerprint density at radius 3 is 2.64 bits per heavy atom. The average molecular weight is 214 g/mol. The molecule has 0 heterocycles. The standard InChI is InChI=1S/C10H12ClNO2/c11-8-3-6(4-9(13)10(8)14)5-12-7-1-2-7/h3-4,7,12-14H,1-2,5H2. The van der Waals surface area contributed by atoms with Gasteiger partial charge in [0.2, 0.25) is 0 Å². The maximum atomic E-state index is 9.30. The maximum Gasteiger partial charge on any atom is 0.176 e. The summed E-state index contributed by atoms with van der Waals surface area (Å²) in [7, 11) is 0. The number of phenols is 2. The molecule has 3 N–H and O–H groups in total. The average Bonchev–Trinajstić information content (AvgIpc) is 2.94. The molecule has 3 nitrogen and oxygen atoms in total. The Morgan fingerprint density at radius 2 is 2.07 bits per heavy atom. The molecule has 1 aliphatic carbocycles. The summed E-state index contributed by atoms with van der Waals surface area (Å²) >= 11 is 5.71. The first-order valence-electron chi connectivity index (χ1n) is 4.60. The number of nitrogens with one attached hydrogen (secondary N) is 1. The molecule has 0 aromatic heterocycles. The summed E-state index contributed by atoms with van der Waals surface area (Å²) in [5, 5.41) is 22.0. The van der Waals surface area contributed by atoms with Crippen molar-refractivity contribution in [3.8, 4) is 11.5 Å². The van der Waals surface area contributed by atoms with E-state index in [1.165, 1.54) is 18.9 Å². The zero-order valence-electron chi connectivity index (χ0n) is 7.63. The van der Waals surface area contributed by atoms with Gasteiger partial charge in [0, 0.05) is 12.6 Å². The lowest BCUT2D eigenvalue weighted by Crippen LogP contribution is -2.15. The molecule has 0 aliphatic heterocycles. The van der Waals surface area contributed by atoms with Crippen LogP contribution in [-0.2, 0) is 6.54 Å². The van der Waals surface area contributed by atoms with Crippen molar-refractivity contribution >= 4 is 11.6 Å². The third kappa shape index (κ3) is 2.11. The first kappa shape index (κ1) is 9.62. The summed E-state index contributed by atoms with van der Waals surface area (Å²) < 4.78 is 0. The van der Waals surface area contributed by atoms with E-state index in [0.29, 0.717) is 12.6 Å². The lowest BCUT2D eigenvalue weighted by atomic mass is 10.2. The Labute approximate surface area is 87.3 Å². The minimum atomic E-state index is -0.248. The number of benzene rings is 1. The second-order valence-corrected chi connectivity index (χ2v) is 4.01. The van der Waals surface area contributed by atoms with Gasteiger partial charge in [-0.1, -0.05) is 11.6 Å². The molecule has 1 fully saturated rings. The molecule has 4 heteroatoms. The highest BCUT2D eigenvalue weighted by Gasteiger charge is 2.20. The highest BCUT2D eigenvalue weighted by Crippen LogP contribution is 2.34. The van der Waals surface area contributed by atoms with Crippen LogP contribution in [0.2, 0.25) is 5.02 Å². The minimum absolute atomic E-state index is 0.162. The van der Waals surface area contributed by atoms with Gasteiger partial charge in [-0.15, -0.1) is 0 Å². The topological polar surface area (TPSA) is 52.5 Å². The fourth-order valence-corrected chi connectivity index (χ4v) is 1.53.